The molecule has 0 amide bonds. The van der Waals surface area contributed by atoms with Gasteiger partial charge in [-0.15, -0.1) is 12.4 Å². The summed E-state index contributed by atoms with van der Waals surface area (Å²) in [4.78, 5) is 4.12. The zero-order valence-corrected chi connectivity index (χ0v) is 11.0. The number of piperidine rings is 1. The summed E-state index contributed by atoms with van der Waals surface area (Å²) in [6.45, 7) is 1.21. The van der Waals surface area contributed by atoms with E-state index < -0.39 is 0 Å². The summed E-state index contributed by atoms with van der Waals surface area (Å²) < 4.78 is 0. The summed E-state index contributed by atoms with van der Waals surface area (Å²) in [5.41, 5.74) is 1.33. The smallest absolute Gasteiger partial charge is 0.0308 e. The Morgan fingerprint density at radius 2 is 2.38 bits per heavy atom. The van der Waals surface area contributed by atoms with Gasteiger partial charge in [0.25, 0.3) is 0 Å². The van der Waals surface area contributed by atoms with Crippen LogP contribution in [-0.4, -0.2) is 23.3 Å². The van der Waals surface area contributed by atoms with E-state index >= 15 is 0 Å². The van der Waals surface area contributed by atoms with E-state index in [1.165, 1.54) is 37.1 Å². The minimum atomic E-state index is 0. The SMILES string of the molecule is Cl.c1cncc(CSCC2CCCCN2)c1. The normalized spacial score (nSPS) is 20.1. The Hall–Kier alpha value is -0.250. The Labute approximate surface area is 108 Å². The van der Waals surface area contributed by atoms with Crippen molar-refractivity contribution in [2.24, 2.45) is 0 Å². The van der Waals surface area contributed by atoms with Crippen molar-refractivity contribution < 1.29 is 0 Å². The molecule has 2 rings (SSSR count). The van der Waals surface area contributed by atoms with Crippen LogP contribution in [0, 0.1) is 0 Å². The molecule has 1 aliphatic heterocycles. The fraction of sp³-hybridized carbons (Fsp3) is 0.583. The van der Waals surface area contributed by atoms with Crippen molar-refractivity contribution in [3.05, 3.63) is 30.1 Å². The Kier molecular flexibility index (Phi) is 6.85. The molecule has 0 saturated carbocycles. The number of rotatable bonds is 4. The van der Waals surface area contributed by atoms with Crippen molar-refractivity contribution in [1.82, 2.24) is 10.3 Å². The Balaban J connectivity index is 0.00000128. The van der Waals surface area contributed by atoms with Crippen LogP contribution in [0.25, 0.3) is 0 Å². The monoisotopic (exact) mass is 258 g/mol. The lowest BCUT2D eigenvalue weighted by molar-refractivity contribution is 0.430. The van der Waals surface area contributed by atoms with Gasteiger partial charge in [-0.2, -0.15) is 11.8 Å². The van der Waals surface area contributed by atoms with Crippen LogP contribution in [0.15, 0.2) is 24.5 Å². The number of hydrogen-bond donors (Lipinski definition) is 1. The fourth-order valence-corrected chi connectivity index (χ4v) is 2.96. The first-order valence-corrected chi connectivity index (χ1v) is 6.80. The average molecular weight is 259 g/mol. The molecule has 2 heterocycles. The van der Waals surface area contributed by atoms with Gasteiger partial charge in [0.05, 0.1) is 0 Å². The van der Waals surface area contributed by atoms with Gasteiger partial charge in [0.1, 0.15) is 0 Å². The third-order valence-corrected chi connectivity index (χ3v) is 3.90. The lowest BCUT2D eigenvalue weighted by Gasteiger charge is -2.22. The van der Waals surface area contributed by atoms with Crippen molar-refractivity contribution in [2.75, 3.05) is 12.3 Å². The van der Waals surface area contributed by atoms with Crippen LogP contribution in [0.1, 0.15) is 24.8 Å². The molecule has 1 aromatic rings. The summed E-state index contributed by atoms with van der Waals surface area (Å²) in [6, 6.07) is 4.89. The number of halogens is 1. The second-order valence-corrected chi connectivity index (χ2v) is 5.05. The zero-order valence-electron chi connectivity index (χ0n) is 9.39. The zero-order chi connectivity index (χ0) is 10.3. The van der Waals surface area contributed by atoms with Crippen LogP contribution in [-0.2, 0) is 5.75 Å². The van der Waals surface area contributed by atoms with Crippen LogP contribution >= 0.6 is 24.2 Å². The quantitative estimate of drug-likeness (QED) is 0.899. The number of nitrogens with zero attached hydrogens (tertiary/aromatic N) is 1. The largest absolute Gasteiger partial charge is 0.313 e. The topological polar surface area (TPSA) is 24.9 Å². The number of aromatic nitrogens is 1. The molecule has 1 aromatic heterocycles. The first kappa shape index (κ1) is 13.8. The molecule has 0 aliphatic carbocycles. The Bertz CT molecular complexity index is 276. The summed E-state index contributed by atoms with van der Waals surface area (Å²) >= 11 is 2.01. The van der Waals surface area contributed by atoms with E-state index in [0.29, 0.717) is 0 Å². The molecule has 1 saturated heterocycles. The molecule has 4 heteroatoms. The maximum Gasteiger partial charge on any atom is 0.0308 e. The molecule has 1 N–H and O–H groups in total. The molecule has 0 aromatic carbocycles. The standard InChI is InChI=1S/C12H18N2S.ClH/c1-2-7-14-12(5-1)10-15-9-11-4-3-6-13-8-11;/h3-4,6,8,12,14H,1-2,5,7,9-10H2;1H. The molecule has 0 spiro atoms. The van der Waals surface area contributed by atoms with E-state index in [4.69, 9.17) is 0 Å². The summed E-state index contributed by atoms with van der Waals surface area (Å²) in [5, 5.41) is 3.57. The van der Waals surface area contributed by atoms with Crippen molar-refractivity contribution in [2.45, 2.75) is 31.1 Å². The van der Waals surface area contributed by atoms with Gasteiger partial charge in [0.15, 0.2) is 0 Å². The van der Waals surface area contributed by atoms with Gasteiger partial charge >= 0.3 is 0 Å². The van der Waals surface area contributed by atoms with E-state index in [2.05, 4.69) is 16.4 Å². The number of thioether (sulfide) groups is 1. The van der Waals surface area contributed by atoms with Gasteiger partial charge in [0, 0.05) is 29.9 Å². The molecule has 1 fully saturated rings. The molecule has 1 unspecified atom stereocenters. The second-order valence-electron chi connectivity index (χ2n) is 4.02. The molecule has 90 valence electrons. The summed E-state index contributed by atoms with van der Waals surface area (Å²) in [5.74, 6) is 2.32. The third-order valence-electron chi connectivity index (χ3n) is 2.72. The lowest BCUT2D eigenvalue weighted by atomic mass is 10.1. The van der Waals surface area contributed by atoms with Crippen molar-refractivity contribution in [1.29, 1.82) is 0 Å². The Morgan fingerprint density at radius 1 is 1.44 bits per heavy atom. The van der Waals surface area contributed by atoms with Gasteiger partial charge in [0.2, 0.25) is 0 Å². The fourth-order valence-electron chi connectivity index (χ4n) is 1.87. The van der Waals surface area contributed by atoms with Crippen molar-refractivity contribution in [3.8, 4) is 0 Å². The molecule has 1 atom stereocenters. The van der Waals surface area contributed by atoms with Gasteiger partial charge < -0.3 is 5.32 Å². The average Bonchev–Trinajstić information content (AvgIpc) is 2.32. The van der Waals surface area contributed by atoms with Crippen LogP contribution in [0.3, 0.4) is 0 Å². The van der Waals surface area contributed by atoms with Crippen molar-refractivity contribution >= 4 is 24.2 Å². The predicted octanol–water partition coefficient (Wildman–Crippen LogP) is 2.88. The van der Waals surface area contributed by atoms with Crippen LogP contribution < -0.4 is 5.32 Å². The summed E-state index contributed by atoms with van der Waals surface area (Å²) in [6.07, 6.45) is 7.88. The maximum absolute atomic E-state index is 4.12. The molecule has 2 nitrogen and oxygen atoms in total. The van der Waals surface area contributed by atoms with Crippen LogP contribution in [0.5, 0.6) is 0 Å². The van der Waals surface area contributed by atoms with E-state index in [1.54, 1.807) is 0 Å². The van der Waals surface area contributed by atoms with Gasteiger partial charge in [-0.05, 0) is 31.0 Å². The number of pyridine rings is 1. The minimum absolute atomic E-state index is 0. The van der Waals surface area contributed by atoms with E-state index in [9.17, 15) is 0 Å². The van der Waals surface area contributed by atoms with Crippen LogP contribution in [0.4, 0.5) is 0 Å². The van der Waals surface area contributed by atoms with Gasteiger partial charge in [-0.3, -0.25) is 4.98 Å². The highest BCUT2D eigenvalue weighted by Crippen LogP contribution is 2.16. The minimum Gasteiger partial charge on any atom is -0.313 e. The van der Waals surface area contributed by atoms with Gasteiger partial charge in [-0.25, -0.2) is 0 Å². The Morgan fingerprint density at radius 3 is 3.06 bits per heavy atom. The predicted molar refractivity (Wildman–Crippen MR) is 73.3 cm³/mol. The van der Waals surface area contributed by atoms with Gasteiger partial charge in [-0.1, -0.05) is 12.5 Å². The highest BCUT2D eigenvalue weighted by Gasteiger charge is 2.11. The number of nitrogens with one attached hydrogen (secondary N) is 1. The highest BCUT2D eigenvalue weighted by atomic mass is 35.5. The first-order chi connectivity index (χ1) is 7.45. The van der Waals surface area contributed by atoms with Crippen LogP contribution in [0.2, 0.25) is 0 Å². The molecule has 0 radical (unpaired) electrons. The molecule has 0 bridgehead atoms. The van der Waals surface area contributed by atoms with E-state index in [1.807, 2.05) is 30.2 Å². The molecule has 1 aliphatic rings. The third kappa shape index (κ3) is 4.73. The first-order valence-electron chi connectivity index (χ1n) is 5.65. The molecule has 16 heavy (non-hydrogen) atoms. The second kappa shape index (κ2) is 7.93. The summed E-state index contributed by atoms with van der Waals surface area (Å²) in [7, 11) is 0. The molecular formula is C12H19ClN2S. The maximum atomic E-state index is 4.12. The lowest BCUT2D eigenvalue weighted by Crippen LogP contribution is -2.35. The van der Waals surface area contributed by atoms with Crippen molar-refractivity contribution in [3.63, 3.8) is 0 Å². The number of hydrogen-bond acceptors (Lipinski definition) is 3. The van der Waals surface area contributed by atoms with E-state index in [0.717, 1.165) is 11.8 Å². The van der Waals surface area contributed by atoms with E-state index in [-0.39, 0.29) is 12.4 Å². The molecular weight excluding hydrogens is 240 g/mol. The highest BCUT2D eigenvalue weighted by molar-refractivity contribution is 7.98.